The van der Waals surface area contributed by atoms with Crippen molar-refractivity contribution in [3.8, 4) is 0 Å². The van der Waals surface area contributed by atoms with Crippen LogP contribution in [0.2, 0.25) is 5.02 Å². The Balaban J connectivity index is 1.73. The van der Waals surface area contributed by atoms with Crippen molar-refractivity contribution in [2.24, 2.45) is 17.8 Å². The summed E-state index contributed by atoms with van der Waals surface area (Å²) in [5.41, 5.74) is 1.78. The van der Waals surface area contributed by atoms with Crippen molar-refractivity contribution in [1.82, 2.24) is 0 Å². The second-order valence-corrected chi connectivity index (χ2v) is 6.62. The zero-order valence-corrected chi connectivity index (χ0v) is 12.5. The highest BCUT2D eigenvalue weighted by atomic mass is 79.9. The lowest BCUT2D eigenvalue weighted by Gasteiger charge is -2.10. The van der Waals surface area contributed by atoms with Crippen LogP contribution in [0.15, 0.2) is 16.6 Å². The number of nitrogens with one attached hydrogen (secondary N) is 1. The highest BCUT2D eigenvalue weighted by molar-refractivity contribution is 9.10. The molecule has 2 fully saturated rings. The van der Waals surface area contributed by atoms with Crippen LogP contribution in [-0.2, 0) is 4.79 Å². The van der Waals surface area contributed by atoms with Crippen LogP contribution in [0.3, 0.4) is 0 Å². The van der Waals surface area contributed by atoms with Crippen LogP contribution in [0.5, 0.6) is 0 Å². The van der Waals surface area contributed by atoms with Gasteiger partial charge in [0.15, 0.2) is 0 Å². The van der Waals surface area contributed by atoms with Gasteiger partial charge < -0.3 is 5.32 Å². The van der Waals surface area contributed by atoms with Crippen molar-refractivity contribution in [3.63, 3.8) is 0 Å². The monoisotopic (exact) mass is 327 g/mol. The van der Waals surface area contributed by atoms with Crippen LogP contribution in [-0.4, -0.2) is 5.91 Å². The Morgan fingerprint density at radius 1 is 1.39 bits per heavy atom. The molecule has 0 aromatic heterocycles. The molecule has 0 heterocycles. The smallest absolute Gasteiger partial charge is 0.228 e. The Hall–Kier alpha value is -0.540. The van der Waals surface area contributed by atoms with Gasteiger partial charge in [0.1, 0.15) is 0 Å². The molecule has 18 heavy (non-hydrogen) atoms. The summed E-state index contributed by atoms with van der Waals surface area (Å²) in [5.74, 6) is 1.69. The minimum atomic E-state index is 0.158. The van der Waals surface area contributed by atoms with E-state index in [1.807, 2.05) is 19.1 Å². The molecule has 2 aliphatic rings. The highest BCUT2D eigenvalue weighted by Gasteiger charge is 2.56. The molecule has 0 saturated heterocycles. The van der Waals surface area contributed by atoms with Crippen molar-refractivity contribution < 1.29 is 4.79 Å². The van der Waals surface area contributed by atoms with Crippen LogP contribution in [0, 0.1) is 24.7 Å². The van der Waals surface area contributed by atoms with Crippen molar-refractivity contribution in [3.05, 3.63) is 27.2 Å². The number of fused-ring (bicyclic) bond motifs is 1. The van der Waals surface area contributed by atoms with Crippen molar-refractivity contribution in [2.45, 2.75) is 26.2 Å². The number of hydrogen-bond donors (Lipinski definition) is 1. The van der Waals surface area contributed by atoms with E-state index in [0.717, 1.165) is 15.7 Å². The van der Waals surface area contributed by atoms with Crippen LogP contribution >= 0.6 is 27.5 Å². The maximum Gasteiger partial charge on any atom is 0.228 e. The first-order valence-electron chi connectivity index (χ1n) is 6.34. The topological polar surface area (TPSA) is 29.1 Å². The molecule has 96 valence electrons. The third-order valence-corrected chi connectivity index (χ3v) is 5.28. The molecule has 2 atom stereocenters. The SMILES string of the molecule is Cc1cc(Br)c(NC(=O)C2C3CCCC32)cc1Cl. The van der Waals surface area contributed by atoms with E-state index in [2.05, 4.69) is 21.2 Å². The van der Waals surface area contributed by atoms with Gasteiger partial charge in [0.25, 0.3) is 0 Å². The number of carbonyl (C=O) groups excluding carboxylic acids is 1. The Morgan fingerprint density at radius 3 is 2.72 bits per heavy atom. The molecule has 1 aromatic carbocycles. The van der Waals surface area contributed by atoms with Crippen LogP contribution in [0.4, 0.5) is 5.69 Å². The molecule has 1 amide bonds. The van der Waals surface area contributed by atoms with E-state index in [4.69, 9.17) is 11.6 Å². The third kappa shape index (κ3) is 2.08. The second kappa shape index (κ2) is 4.53. The fourth-order valence-corrected chi connectivity index (χ4v) is 3.89. The summed E-state index contributed by atoms with van der Waals surface area (Å²) in [4.78, 5) is 12.2. The fourth-order valence-electron chi connectivity index (χ4n) is 3.17. The number of aryl methyl sites for hydroxylation is 1. The second-order valence-electron chi connectivity index (χ2n) is 5.35. The molecule has 0 bridgehead atoms. The Bertz CT molecular complexity index is 507. The van der Waals surface area contributed by atoms with Gasteiger partial charge in [0, 0.05) is 15.4 Å². The maximum atomic E-state index is 12.2. The maximum absolute atomic E-state index is 12.2. The van der Waals surface area contributed by atoms with Gasteiger partial charge in [-0.05, 0) is 65.2 Å². The van der Waals surface area contributed by atoms with Crippen molar-refractivity contribution in [2.75, 3.05) is 5.32 Å². The van der Waals surface area contributed by atoms with Crippen LogP contribution in [0.1, 0.15) is 24.8 Å². The number of amides is 1. The van der Waals surface area contributed by atoms with E-state index >= 15 is 0 Å². The summed E-state index contributed by atoms with van der Waals surface area (Å²) < 4.78 is 0.892. The number of rotatable bonds is 2. The number of halogens is 2. The molecule has 2 unspecified atom stereocenters. The number of carbonyl (C=O) groups is 1. The number of hydrogen-bond acceptors (Lipinski definition) is 1. The van der Waals surface area contributed by atoms with Gasteiger partial charge in [0.05, 0.1) is 5.69 Å². The number of anilines is 1. The average Bonchev–Trinajstić information content (AvgIpc) is 2.80. The van der Waals surface area contributed by atoms with Gasteiger partial charge in [0.2, 0.25) is 5.91 Å². The van der Waals surface area contributed by atoms with E-state index < -0.39 is 0 Å². The molecule has 1 N–H and O–H groups in total. The quantitative estimate of drug-likeness (QED) is 0.857. The predicted octanol–water partition coefficient (Wildman–Crippen LogP) is 4.40. The summed E-state index contributed by atoms with van der Waals surface area (Å²) >= 11 is 9.56. The summed E-state index contributed by atoms with van der Waals surface area (Å²) in [5, 5.41) is 3.68. The number of benzene rings is 1. The molecule has 2 nitrogen and oxygen atoms in total. The van der Waals surface area contributed by atoms with E-state index in [9.17, 15) is 4.79 Å². The molecule has 1 aromatic rings. The van der Waals surface area contributed by atoms with Crippen LogP contribution < -0.4 is 5.32 Å². The first kappa shape index (κ1) is 12.5. The average molecular weight is 329 g/mol. The molecular formula is C14H15BrClNO. The predicted molar refractivity (Wildman–Crippen MR) is 76.8 cm³/mol. The van der Waals surface area contributed by atoms with Crippen molar-refractivity contribution in [1.29, 1.82) is 0 Å². The van der Waals surface area contributed by atoms with E-state index in [-0.39, 0.29) is 11.8 Å². The zero-order chi connectivity index (χ0) is 12.9. The van der Waals surface area contributed by atoms with E-state index in [1.165, 1.54) is 19.3 Å². The minimum absolute atomic E-state index is 0.158. The third-order valence-electron chi connectivity index (χ3n) is 4.22. The molecular weight excluding hydrogens is 314 g/mol. The minimum Gasteiger partial charge on any atom is -0.325 e. The van der Waals surface area contributed by atoms with Crippen LogP contribution in [0.25, 0.3) is 0 Å². The Kier molecular flexibility index (Phi) is 3.15. The molecule has 2 aliphatic carbocycles. The fraction of sp³-hybridized carbons (Fsp3) is 0.500. The van der Waals surface area contributed by atoms with Gasteiger partial charge in [-0.15, -0.1) is 0 Å². The Morgan fingerprint density at radius 2 is 2.06 bits per heavy atom. The molecule has 3 rings (SSSR count). The normalized spacial score (nSPS) is 28.9. The Labute approximate surface area is 120 Å². The lowest BCUT2D eigenvalue weighted by molar-refractivity contribution is -0.118. The van der Waals surface area contributed by atoms with Gasteiger partial charge >= 0.3 is 0 Å². The van der Waals surface area contributed by atoms with Gasteiger partial charge in [-0.2, -0.15) is 0 Å². The standard InChI is InChI=1S/C14H15BrClNO/c1-7-5-10(15)12(6-11(7)16)17-14(18)13-8-3-2-4-9(8)13/h5-6,8-9,13H,2-4H2,1H3,(H,17,18). The molecule has 2 saturated carbocycles. The summed E-state index contributed by atoms with van der Waals surface area (Å²) in [7, 11) is 0. The highest BCUT2D eigenvalue weighted by Crippen LogP contribution is 2.57. The summed E-state index contributed by atoms with van der Waals surface area (Å²) in [6, 6.07) is 3.75. The molecule has 4 heteroatoms. The zero-order valence-electron chi connectivity index (χ0n) is 10.2. The summed E-state index contributed by atoms with van der Waals surface area (Å²) in [6.45, 7) is 1.95. The van der Waals surface area contributed by atoms with Gasteiger partial charge in [-0.25, -0.2) is 0 Å². The van der Waals surface area contributed by atoms with Crippen molar-refractivity contribution >= 4 is 39.1 Å². The lowest BCUT2D eigenvalue weighted by Crippen LogP contribution is -2.17. The first-order chi connectivity index (χ1) is 8.58. The molecule has 0 aliphatic heterocycles. The molecule has 0 spiro atoms. The largest absolute Gasteiger partial charge is 0.325 e. The van der Waals surface area contributed by atoms with E-state index in [1.54, 1.807) is 0 Å². The molecule has 0 radical (unpaired) electrons. The summed E-state index contributed by atoms with van der Waals surface area (Å²) in [6.07, 6.45) is 3.73. The first-order valence-corrected chi connectivity index (χ1v) is 7.51. The van der Waals surface area contributed by atoms with E-state index in [0.29, 0.717) is 16.9 Å². The van der Waals surface area contributed by atoms with Gasteiger partial charge in [-0.1, -0.05) is 18.0 Å². The lowest BCUT2D eigenvalue weighted by atomic mass is 10.1. The van der Waals surface area contributed by atoms with Gasteiger partial charge in [-0.3, -0.25) is 4.79 Å².